The van der Waals surface area contributed by atoms with Crippen LogP contribution in [0, 0.1) is 0 Å². The van der Waals surface area contributed by atoms with Gasteiger partial charge in [-0.05, 0) is 30.5 Å². The first-order valence-corrected chi connectivity index (χ1v) is 7.81. The van der Waals surface area contributed by atoms with Crippen LogP contribution in [0.2, 0.25) is 0 Å². The summed E-state index contributed by atoms with van der Waals surface area (Å²) in [6.45, 7) is 2.21. The molecule has 21 heavy (non-hydrogen) atoms. The lowest BCUT2D eigenvalue weighted by molar-refractivity contribution is -0.138. The van der Waals surface area contributed by atoms with Gasteiger partial charge in [0.1, 0.15) is 11.9 Å². The number of cyclic esters (lactones) is 1. The van der Waals surface area contributed by atoms with Crippen molar-refractivity contribution in [2.24, 2.45) is 0 Å². The van der Waals surface area contributed by atoms with E-state index < -0.39 is 0 Å². The van der Waals surface area contributed by atoms with Gasteiger partial charge in [-0.2, -0.15) is 0 Å². The molecule has 1 atom stereocenters. The monoisotopic (exact) mass is 288 g/mol. The number of rotatable bonds is 8. The Labute approximate surface area is 127 Å². The number of methoxy groups -OCH3 is 1. The fraction of sp³-hybridized carbons (Fsp3) is 0.500. The fourth-order valence-electron chi connectivity index (χ4n) is 2.66. The van der Waals surface area contributed by atoms with Gasteiger partial charge in [-0.1, -0.05) is 44.7 Å². The van der Waals surface area contributed by atoms with Crippen LogP contribution in [0.25, 0.3) is 5.57 Å². The maximum Gasteiger partial charge on any atom is 0.331 e. The van der Waals surface area contributed by atoms with E-state index in [0.29, 0.717) is 0 Å². The van der Waals surface area contributed by atoms with Crippen molar-refractivity contribution in [2.75, 3.05) is 7.11 Å². The van der Waals surface area contributed by atoms with Crippen LogP contribution >= 0.6 is 0 Å². The van der Waals surface area contributed by atoms with Crippen molar-refractivity contribution in [3.05, 3.63) is 35.9 Å². The number of hydrogen-bond donors (Lipinski definition) is 0. The van der Waals surface area contributed by atoms with Crippen molar-refractivity contribution in [1.82, 2.24) is 0 Å². The Morgan fingerprint density at radius 3 is 2.48 bits per heavy atom. The number of unbranched alkanes of at least 4 members (excludes halogenated alkanes) is 4. The number of hydrogen-bond acceptors (Lipinski definition) is 3. The van der Waals surface area contributed by atoms with Crippen LogP contribution < -0.4 is 4.74 Å². The number of ether oxygens (including phenoxy) is 2. The van der Waals surface area contributed by atoms with Gasteiger partial charge in [-0.15, -0.1) is 0 Å². The van der Waals surface area contributed by atoms with Gasteiger partial charge in [0.2, 0.25) is 0 Å². The lowest BCUT2D eigenvalue weighted by atomic mass is 9.97. The van der Waals surface area contributed by atoms with Gasteiger partial charge in [0, 0.05) is 11.6 Å². The van der Waals surface area contributed by atoms with Crippen molar-refractivity contribution in [2.45, 2.75) is 51.6 Å². The van der Waals surface area contributed by atoms with E-state index in [1.165, 1.54) is 25.7 Å². The molecule has 0 aliphatic carbocycles. The van der Waals surface area contributed by atoms with Gasteiger partial charge >= 0.3 is 5.97 Å². The van der Waals surface area contributed by atoms with Crippen LogP contribution in [0.1, 0.15) is 51.0 Å². The largest absolute Gasteiger partial charge is 0.497 e. The van der Waals surface area contributed by atoms with Gasteiger partial charge < -0.3 is 9.47 Å². The standard InChI is InChI=1S/C18H24O3/c1-3-4-5-6-7-8-17-16(13-18(19)21-17)14-9-11-15(20-2)12-10-14/h9-13,17H,3-8H2,1-2H3. The zero-order valence-electron chi connectivity index (χ0n) is 12.9. The summed E-state index contributed by atoms with van der Waals surface area (Å²) in [5, 5.41) is 0. The quantitative estimate of drug-likeness (QED) is 0.526. The van der Waals surface area contributed by atoms with Crippen LogP contribution in [0.4, 0.5) is 0 Å². The molecule has 1 heterocycles. The molecule has 0 aromatic heterocycles. The van der Waals surface area contributed by atoms with E-state index in [2.05, 4.69) is 6.92 Å². The third kappa shape index (κ3) is 4.35. The third-order valence-electron chi connectivity index (χ3n) is 3.87. The Morgan fingerprint density at radius 1 is 1.10 bits per heavy atom. The minimum absolute atomic E-state index is 0.0903. The van der Waals surface area contributed by atoms with Gasteiger partial charge in [-0.3, -0.25) is 0 Å². The molecule has 114 valence electrons. The summed E-state index contributed by atoms with van der Waals surface area (Å²) >= 11 is 0. The number of carbonyl (C=O) groups is 1. The predicted octanol–water partition coefficient (Wildman–Crippen LogP) is 4.36. The maximum absolute atomic E-state index is 11.6. The van der Waals surface area contributed by atoms with Crippen molar-refractivity contribution < 1.29 is 14.3 Å². The normalized spacial score (nSPS) is 17.5. The van der Waals surface area contributed by atoms with Crippen LogP contribution in [0.3, 0.4) is 0 Å². The highest BCUT2D eigenvalue weighted by molar-refractivity contribution is 5.97. The summed E-state index contributed by atoms with van der Waals surface area (Å²) < 4.78 is 10.6. The van der Waals surface area contributed by atoms with E-state index in [-0.39, 0.29) is 12.1 Å². The van der Waals surface area contributed by atoms with Crippen molar-refractivity contribution in [3.63, 3.8) is 0 Å². The molecule has 2 rings (SSSR count). The second-order valence-corrected chi connectivity index (χ2v) is 5.46. The van der Waals surface area contributed by atoms with Crippen molar-refractivity contribution in [1.29, 1.82) is 0 Å². The molecule has 0 N–H and O–H groups in total. The molecule has 0 fully saturated rings. The Bertz CT molecular complexity index is 488. The number of esters is 1. The molecule has 1 aliphatic rings. The second-order valence-electron chi connectivity index (χ2n) is 5.46. The summed E-state index contributed by atoms with van der Waals surface area (Å²) in [5.41, 5.74) is 2.04. The van der Waals surface area contributed by atoms with Crippen molar-refractivity contribution >= 4 is 11.5 Å². The van der Waals surface area contributed by atoms with E-state index in [1.54, 1.807) is 13.2 Å². The molecule has 1 unspecified atom stereocenters. The predicted molar refractivity (Wildman–Crippen MR) is 84.2 cm³/mol. The average Bonchev–Trinajstić information content (AvgIpc) is 2.88. The second kappa shape index (κ2) is 7.87. The Morgan fingerprint density at radius 2 is 1.81 bits per heavy atom. The van der Waals surface area contributed by atoms with Crippen LogP contribution in [0.15, 0.2) is 30.3 Å². The molecule has 0 amide bonds. The first-order valence-electron chi connectivity index (χ1n) is 7.81. The summed E-state index contributed by atoms with van der Waals surface area (Å²) in [7, 11) is 1.65. The first-order chi connectivity index (χ1) is 10.2. The van der Waals surface area contributed by atoms with Gasteiger partial charge in [-0.25, -0.2) is 4.79 Å². The molecule has 0 spiro atoms. The molecule has 0 bridgehead atoms. The van der Waals surface area contributed by atoms with E-state index >= 15 is 0 Å². The molecule has 1 aliphatic heterocycles. The summed E-state index contributed by atoms with van der Waals surface area (Å²) in [6.07, 6.45) is 8.54. The van der Waals surface area contributed by atoms with E-state index in [0.717, 1.165) is 29.7 Å². The molecule has 1 aromatic rings. The highest BCUT2D eigenvalue weighted by Crippen LogP contribution is 2.30. The first kappa shape index (κ1) is 15.6. The summed E-state index contributed by atoms with van der Waals surface area (Å²) in [5.74, 6) is 0.597. The Balaban J connectivity index is 1.95. The zero-order chi connectivity index (χ0) is 15.1. The van der Waals surface area contributed by atoms with Gasteiger partial charge in [0.15, 0.2) is 0 Å². The lowest BCUT2D eigenvalue weighted by Gasteiger charge is -2.14. The van der Waals surface area contributed by atoms with E-state index in [9.17, 15) is 4.79 Å². The number of benzene rings is 1. The molecule has 3 heteroatoms. The smallest absolute Gasteiger partial charge is 0.331 e. The lowest BCUT2D eigenvalue weighted by Crippen LogP contribution is -2.11. The van der Waals surface area contributed by atoms with Crippen LogP contribution in [-0.2, 0) is 9.53 Å². The molecule has 0 saturated heterocycles. The molecule has 0 saturated carbocycles. The third-order valence-corrected chi connectivity index (χ3v) is 3.87. The maximum atomic E-state index is 11.6. The van der Waals surface area contributed by atoms with E-state index in [1.807, 2.05) is 24.3 Å². The number of carbonyl (C=O) groups excluding carboxylic acids is 1. The van der Waals surface area contributed by atoms with Crippen molar-refractivity contribution in [3.8, 4) is 5.75 Å². The molecule has 1 aromatic carbocycles. The minimum Gasteiger partial charge on any atom is -0.497 e. The Hall–Kier alpha value is -1.77. The SMILES string of the molecule is CCCCCCCC1OC(=O)C=C1c1ccc(OC)cc1. The highest BCUT2D eigenvalue weighted by atomic mass is 16.5. The highest BCUT2D eigenvalue weighted by Gasteiger charge is 2.26. The minimum atomic E-state index is -0.223. The summed E-state index contributed by atoms with van der Waals surface area (Å²) in [4.78, 5) is 11.6. The molecular formula is C18H24O3. The Kier molecular flexibility index (Phi) is 5.85. The zero-order valence-corrected chi connectivity index (χ0v) is 12.9. The summed E-state index contributed by atoms with van der Waals surface area (Å²) in [6, 6.07) is 7.79. The van der Waals surface area contributed by atoms with Crippen LogP contribution in [0.5, 0.6) is 5.75 Å². The molecular weight excluding hydrogens is 264 g/mol. The average molecular weight is 288 g/mol. The molecule has 3 nitrogen and oxygen atoms in total. The van der Waals surface area contributed by atoms with Gasteiger partial charge in [0.25, 0.3) is 0 Å². The van der Waals surface area contributed by atoms with Gasteiger partial charge in [0.05, 0.1) is 7.11 Å². The van der Waals surface area contributed by atoms with E-state index in [4.69, 9.17) is 9.47 Å². The fourth-order valence-corrected chi connectivity index (χ4v) is 2.66. The topological polar surface area (TPSA) is 35.5 Å². The molecule has 0 radical (unpaired) electrons. The van der Waals surface area contributed by atoms with Crippen LogP contribution in [-0.4, -0.2) is 19.2 Å².